The first kappa shape index (κ1) is 13.8. The molecule has 0 saturated carbocycles. The number of hydrogen-bond acceptors (Lipinski definition) is 4. The van der Waals surface area contributed by atoms with E-state index in [0.717, 1.165) is 5.56 Å². The Bertz CT molecular complexity index is 576. The first-order chi connectivity index (χ1) is 9.79. The van der Waals surface area contributed by atoms with Gasteiger partial charge in [-0.05, 0) is 29.8 Å². The molecule has 0 amide bonds. The lowest BCUT2D eigenvalue weighted by molar-refractivity contribution is 0.104. The lowest BCUT2D eigenvalue weighted by Gasteiger charge is -2.00. The largest absolute Gasteiger partial charge is 0.497 e. The minimum absolute atomic E-state index is 0.208. The molecule has 0 heterocycles. The van der Waals surface area contributed by atoms with Gasteiger partial charge in [-0.3, -0.25) is 4.79 Å². The van der Waals surface area contributed by atoms with Gasteiger partial charge in [-0.1, -0.05) is 35.5 Å². The van der Waals surface area contributed by atoms with Gasteiger partial charge in [-0.25, -0.2) is 0 Å². The van der Waals surface area contributed by atoms with Crippen LogP contribution >= 0.6 is 0 Å². The van der Waals surface area contributed by atoms with Crippen molar-refractivity contribution in [3.8, 4) is 5.75 Å². The van der Waals surface area contributed by atoms with Gasteiger partial charge in [0.05, 0.1) is 7.11 Å². The fraction of sp³-hybridized carbons (Fsp3) is 0.125. The number of carbonyl (C=O) groups is 1. The highest BCUT2D eigenvalue weighted by molar-refractivity contribution is 6.35. The van der Waals surface area contributed by atoms with Crippen molar-refractivity contribution in [1.82, 2.24) is 0 Å². The Morgan fingerprint density at radius 2 is 1.80 bits per heavy atom. The van der Waals surface area contributed by atoms with Gasteiger partial charge in [0.25, 0.3) is 0 Å². The fourth-order valence-electron chi connectivity index (χ4n) is 1.60. The fourth-order valence-corrected chi connectivity index (χ4v) is 1.60. The third-order valence-corrected chi connectivity index (χ3v) is 2.69. The molecule has 0 aliphatic carbocycles. The highest BCUT2D eigenvalue weighted by atomic mass is 16.6. The van der Waals surface area contributed by atoms with E-state index in [1.165, 1.54) is 6.21 Å². The third kappa shape index (κ3) is 3.95. The number of rotatable bonds is 6. The van der Waals surface area contributed by atoms with Crippen molar-refractivity contribution in [1.29, 1.82) is 0 Å². The lowest BCUT2D eigenvalue weighted by atomic mass is 10.1. The molecule has 2 aromatic rings. The highest BCUT2D eigenvalue weighted by Gasteiger charge is 2.02. The van der Waals surface area contributed by atoms with Gasteiger partial charge in [-0.15, -0.1) is 0 Å². The predicted octanol–water partition coefficient (Wildman–Crippen LogP) is 3.08. The van der Waals surface area contributed by atoms with Crippen molar-refractivity contribution in [2.45, 2.75) is 6.61 Å². The Kier molecular flexibility index (Phi) is 4.89. The van der Waals surface area contributed by atoms with Crippen LogP contribution < -0.4 is 4.74 Å². The van der Waals surface area contributed by atoms with Gasteiger partial charge in [0.1, 0.15) is 18.6 Å². The Hall–Kier alpha value is -2.62. The van der Waals surface area contributed by atoms with Crippen LogP contribution in [-0.2, 0) is 11.4 Å². The van der Waals surface area contributed by atoms with E-state index in [9.17, 15) is 4.79 Å². The molecule has 0 aliphatic rings. The van der Waals surface area contributed by atoms with E-state index in [4.69, 9.17) is 9.57 Å². The monoisotopic (exact) mass is 269 g/mol. The van der Waals surface area contributed by atoms with Crippen LogP contribution in [0.4, 0.5) is 0 Å². The van der Waals surface area contributed by atoms with Gasteiger partial charge < -0.3 is 9.57 Å². The molecule has 0 spiro atoms. The van der Waals surface area contributed by atoms with Crippen molar-refractivity contribution in [3.05, 3.63) is 65.7 Å². The molecule has 2 rings (SSSR count). The number of oxime groups is 1. The van der Waals surface area contributed by atoms with Gasteiger partial charge in [0.15, 0.2) is 0 Å². The van der Waals surface area contributed by atoms with Crippen molar-refractivity contribution in [3.63, 3.8) is 0 Å². The third-order valence-electron chi connectivity index (χ3n) is 2.69. The normalized spacial score (nSPS) is 10.4. The molecule has 0 radical (unpaired) electrons. The molecular weight excluding hydrogens is 254 g/mol. The molecule has 0 saturated heterocycles. The van der Waals surface area contributed by atoms with Gasteiger partial charge in [0.2, 0.25) is 5.78 Å². The molecule has 0 atom stereocenters. The molecule has 2 aromatic carbocycles. The standard InChI is InChI=1S/C16H15NO3/c1-19-15-9-7-14(8-10-15)16(18)11-17-20-12-13-5-3-2-4-6-13/h2-11H,12H2,1H3/b17-11+. The second-order valence-electron chi connectivity index (χ2n) is 4.09. The summed E-state index contributed by atoms with van der Waals surface area (Å²) >= 11 is 0. The summed E-state index contributed by atoms with van der Waals surface area (Å²) in [5, 5.41) is 3.68. The van der Waals surface area contributed by atoms with E-state index in [1.807, 2.05) is 30.3 Å². The molecule has 102 valence electrons. The Balaban J connectivity index is 1.85. The Labute approximate surface area is 117 Å². The average molecular weight is 269 g/mol. The van der Waals surface area contributed by atoms with Gasteiger partial charge in [0, 0.05) is 5.56 Å². The van der Waals surface area contributed by atoms with E-state index in [2.05, 4.69) is 5.16 Å². The Morgan fingerprint density at radius 3 is 2.45 bits per heavy atom. The summed E-state index contributed by atoms with van der Waals surface area (Å²) < 4.78 is 5.03. The highest BCUT2D eigenvalue weighted by Crippen LogP contribution is 2.11. The zero-order valence-electron chi connectivity index (χ0n) is 11.2. The first-order valence-corrected chi connectivity index (χ1v) is 6.17. The topological polar surface area (TPSA) is 47.9 Å². The number of ether oxygens (including phenoxy) is 1. The molecule has 0 fully saturated rings. The van der Waals surface area contributed by atoms with Crippen molar-refractivity contribution in [2.75, 3.05) is 7.11 Å². The summed E-state index contributed by atoms with van der Waals surface area (Å²) in [5.74, 6) is 0.500. The predicted molar refractivity (Wildman–Crippen MR) is 77.0 cm³/mol. The number of hydrogen-bond donors (Lipinski definition) is 0. The van der Waals surface area contributed by atoms with E-state index >= 15 is 0 Å². The summed E-state index contributed by atoms with van der Waals surface area (Å²) in [6.45, 7) is 0.341. The van der Waals surface area contributed by atoms with E-state index in [0.29, 0.717) is 17.9 Å². The SMILES string of the molecule is COc1ccc(C(=O)/C=N/OCc2ccccc2)cc1. The summed E-state index contributed by atoms with van der Waals surface area (Å²) in [6, 6.07) is 16.5. The van der Waals surface area contributed by atoms with Crippen molar-refractivity contribution >= 4 is 12.0 Å². The average Bonchev–Trinajstić information content (AvgIpc) is 2.52. The smallest absolute Gasteiger partial charge is 0.207 e. The van der Waals surface area contributed by atoms with Crippen LogP contribution in [-0.4, -0.2) is 19.1 Å². The van der Waals surface area contributed by atoms with E-state index in [1.54, 1.807) is 31.4 Å². The summed E-state index contributed by atoms with van der Waals surface area (Å²) in [7, 11) is 1.58. The first-order valence-electron chi connectivity index (χ1n) is 6.17. The van der Waals surface area contributed by atoms with Crippen LogP contribution in [0, 0.1) is 0 Å². The minimum atomic E-state index is -0.208. The van der Waals surface area contributed by atoms with Crippen LogP contribution in [0.1, 0.15) is 15.9 Å². The van der Waals surface area contributed by atoms with Crippen LogP contribution in [0.15, 0.2) is 59.8 Å². The summed E-state index contributed by atoms with van der Waals surface area (Å²) in [4.78, 5) is 16.9. The number of ketones is 1. The van der Waals surface area contributed by atoms with E-state index in [-0.39, 0.29) is 5.78 Å². The zero-order chi connectivity index (χ0) is 14.2. The molecular formula is C16H15NO3. The molecule has 0 bridgehead atoms. The van der Waals surface area contributed by atoms with Crippen LogP contribution in [0.2, 0.25) is 0 Å². The van der Waals surface area contributed by atoms with Crippen LogP contribution in [0.3, 0.4) is 0 Å². The molecule has 4 nitrogen and oxygen atoms in total. The van der Waals surface area contributed by atoms with Gasteiger partial charge >= 0.3 is 0 Å². The number of carbonyl (C=O) groups excluding carboxylic acids is 1. The molecule has 20 heavy (non-hydrogen) atoms. The van der Waals surface area contributed by atoms with Gasteiger partial charge in [-0.2, -0.15) is 0 Å². The molecule has 0 aromatic heterocycles. The van der Waals surface area contributed by atoms with Crippen LogP contribution in [0.5, 0.6) is 5.75 Å². The quantitative estimate of drug-likeness (QED) is 0.460. The number of methoxy groups -OCH3 is 1. The second-order valence-corrected chi connectivity index (χ2v) is 4.09. The van der Waals surface area contributed by atoms with Crippen molar-refractivity contribution in [2.24, 2.45) is 5.16 Å². The second kappa shape index (κ2) is 7.09. The Morgan fingerprint density at radius 1 is 1.10 bits per heavy atom. The zero-order valence-corrected chi connectivity index (χ0v) is 11.2. The maximum Gasteiger partial charge on any atom is 0.207 e. The van der Waals surface area contributed by atoms with Crippen LogP contribution in [0.25, 0.3) is 0 Å². The maximum absolute atomic E-state index is 11.8. The number of Topliss-reactive ketones (excluding diaryl/α,β-unsaturated/α-hetero) is 1. The molecule has 0 unspecified atom stereocenters. The lowest BCUT2D eigenvalue weighted by Crippen LogP contribution is -2.00. The molecule has 0 aliphatic heterocycles. The minimum Gasteiger partial charge on any atom is -0.497 e. The summed E-state index contributed by atoms with van der Waals surface area (Å²) in [6.07, 6.45) is 1.17. The van der Waals surface area contributed by atoms with Crippen molar-refractivity contribution < 1.29 is 14.4 Å². The molecule has 4 heteroatoms. The maximum atomic E-state index is 11.8. The molecule has 0 N–H and O–H groups in total. The number of nitrogens with zero attached hydrogens (tertiary/aromatic N) is 1. The number of benzene rings is 2. The summed E-state index contributed by atoms with van der Waals surface area (Å²) in [5.41, 5.74) is 1.54. The van der Waals surface area contributed by atoms with E-state index < -0.39 is 0 Å².